The van der Waals surface area contributed by atoms with Gasteiger partial charge in [0.1, 0.15) is 12.4 Å². The zero-order chi connectivity index (χ0) is 15.2. The van der Waals surface area contributed by atoms with Gasteiger partial charge in [0, 0.05) is 13.0 Å². The van der Waals surface area contributed by atoms with Crippen LogP contribution in [0.25, 0.3) is 0 Å². The number of aryl methyl sites for hydroxylation is 1. The number of benzene rings is 1. The van der Waals surface area contributed by atoms with Crippen molar-refractivity contribution >= 4 is 37.8 Å². The van der Waals surface area contributed by atoms with Gasteiger partial charge >= 0.3 is 5.97 Å². The molecule has 0 amide bonds. The van der Waals surface area contributed by atoms with Gasteiger partial charge in [-0.3, -0.25) is 4.79 Å². The first-order chi connectivity index (χ1) is 10.1. The van der Waals surface area contributed by atoms with Crippen LogP contribution in [0.1, 0.15) is 31.2 Å². The molecule has 1 unspecified atom stereocenters. The van der Waals surface area contributed by atoms with Crippen LogP contribution in [0.2, 0.25) is 0 Å². The van der Waals surface area contributed by atoms with Crippen LogP contribution >= 0.6 is 31.9 Å². The van der Waals surface area contributed by atoms with Gasteiger partial charge in [0.25, 0.3) is 0 Å². The number of ether oxygens (including phenoxy) is 2. The Morgan fingerprint density at radius 3 is 2.62 bits per heavy atom. The van der Waals surface area contributed by atoms with Crippen LogP contribution < -0.4 is 4.74 Å². The Hall–Kier alpha value is -0.590. The van der Waals surface area contributed by atoms with Gasteiger partial charge in [-0.25, -0.2) is 0 Å². The summed E-state index contributed by atoms with van der Waals surface area (Å²) < 4.78 is 13.2. The summed E-state index contributed by atoms with van der Waals surface area (Å²) in [5, 5.41) is 8.73. The van der Waals surface area contributed by atoms with Crippen LogP contribution in [-0.2, 0) is 16.0 Å². The second kappa shape index (κ2) is 8.15. The van der Waals surface area contributed by atoms with Gasteiger partial charge in [-0.2, -0.15) is 0 Å². The predicted octanol–water partition coefficient (Wildman–Crippen LogP) is 4.18. The van der Waals surface area contributed by atoms with E-state index >= 15 is 0 Å². The van der Waals surface area contributed by atoms with Crippen molar-refractivity contribution < 1.29 is 19.4 Å². The number of rotatable bonds is 6. The number of carboxylic acid groups (broad SMARTS) is 1. The van der Waals surface area contributed by atoms with Crippen LogP contribution in [-0.4, -0.2) is 30.4 Å². The summed E-state index contributed by atoms with van der Waals surface area (Å²) in [5.41, 5.74) is 0.956. The summed E-state index contributed by atoms with van der Waals surface area (Å²) in [6.45, 7) is 1.34. The Morgan fingerprint density at radius 1 is 1.33 bits per heavy atom. The van der Waals surface area contributed by atoms with E-state index in [9.17, 15) is 4.79 Å². The lowest BCUT2D eigenvalue weighted by molar-refractivity contribution is -0.136. The zero-order valence-electron chi connectivity index (χ0n) is 11.6. The van der Waals surface area contributed by atoms with Crippen LogP contribution in [0.15, 0.2) is 21.1 Å². The lowest BCUT2D eigenvalue weighted by Gasteiger charge is -2.23. The molecule has 0 radical (unpaired) electrons. The van der Waals surface area contributed by atoms with Crippen LogP contribution in [0.3, 0.4) is 0 Å². The molecule has 1 aromatic rings. The molecule has 1 aliphatic rings. The summed E-state index contributed by atoms with van der Waals surface area (Å²) in [6.07, 6.45) is 4.12. The van der Waals surface area contributed by atoms with E-state index < -0.39 is 5.97 Å². The Labute approximate surface area is 141 Å². The number of hydrogen-bond donors (Lipinski definition) is 1. The topological polar surface area (TPSA) is 55.8 Å². The normalized spacial score (nSPS) is 18.5. The monoisotopic (exact) mass is 420 g/mol. The van der Waals surface area contributed by atoms with Crippen molar-refractivity contribution in [3.63, 3.8) is 0 Å². The molecule has 0 bridgehead atoms. The van der Waals surface area contributed by atoms with E-state index in [1.165, 1.54) is 6.42 Å². The molecule has 1 aliphatic heterocycles. The molecule has 1 heterocycles. The zero-order valence-corrected chi connectivity index (χ0v) is 14.8. The molecule has 1 aromatic carbocycles. The van der Waals surface area contributed by atoms with Crippen LogP contribution in [0.5, 0.6) is 5.75 Å². The number of carboxylic acids is 1. The molecular formula is C15H18Br2O4. The molecule has 0 spiro atoms. The highest BCUT2D eigenvalue weighted by Crippen LogP contribution is 2.35. The molecule has 21 heavy (non-hydrogen) atoms. The Bertz CT molecular complexity index is 475. The highest BCUT2D eigenvalue weighted by Gasteiger charge is 2.16. The lowest BCUT2D eigenvalue weighted by atomic mass is 10.1. The van der Waals surface area contributed by atoms with Crippen LogP contribution in [0, 0.1) is 0 Å². The molecule has 1 saturated heterocycles. The van der Waals surface area contributed by atoms with E-state index in [1.807, 2.05) is 12.1 Å². The fourth-order valence-corrected chi connectivity index (χ4v) is 3.77. The first kappa shape index (κ1) is 16.8. The number of halogens is 2. The number of hydrogen-bond acceptors (Lipinski definition) is 3. The van der Waals surface area contributed by atoms with E-state index in [2.05, 4.69) is 31.9 Å². The van der Waals surface area contributed by atoms with E-state index in [1.54, 1.807) is 0 Å². The summed E-state index contributed by atoms with van der Waals surface area (Å²) >= 11 is 6.97. The minimum Gasteiger partial charge on any atom is -0.489 e. The van der Waals surface area contributed by atoms with Gasteiger partial charge in [0.2, 0.25) is 0 Å². The van der Waals surface area contributed by atoms with Gasteiger partial charge in [-0.1, -0.05) is 0 Å². The van der Waals surface area contributed by atoms with Gasteiger partial charge in [0.15, 0.2) is 0 Å². The molecule has 0 saturated carbocycles. The highest BCUT2D eigenvalue weighted by molar-refractivity contribution is 9.11. The third-order valence-corrected chi connectivity index (χ3v) is 4.55. The maximum Gasteiger partial charge on any atom is 0.303 e. The van der Waals surface area contributed by atoms with Crippen molar-refractivity contribution in [2.75, 3.05) is 13.2 Å². The maximum absolute atomic E-state index is 10.6. The minimum atomic E-state index is -0.794. The van der Waals surface area contributed by atoms with Crippen molar-refractivity contribution in [2.45, 2.75) is 38.2 Å². The Balaban J connectivity index is 1.97. The number of carbonyl (C=O) groups is 1. The van der Waals surface area contributed by atoms with Gasteiger partial charge in [-0.05, 0) is 75.2 Å². The molecular weight excluding hydrogens is 404 g/mol. The van der Waals surface area contributed by atoms with E-state index in [0.717, 1.165) is 39.7 Å². The average molecular weight is 422 g/mol. The maximum atomic E-state index is 10.6. The van der Waals surface area contributed by atoms with Crippen molar-refractivity contribution in [1.29, 1.82) is 0 Å². The molecule has 0 aromatic heterocycles. The minimum absolute atomic E-state index is 0.120. The second-order valence-electron chi connectivity index (χ2n) is 5.08. The SMILES string of the molecule is O=C(O)CCc1cc(Br)c(OCC2CCCCO2)c(Br)c1. The van der Waals surface area contributed by atoms with Crippen molar-refractivity contribution in [1.82, 2.24) is 0 Å². The smallest absolute Gasteiger partial charge is 0.303 e. The quantitative estimate of drug-likeness (QED) is 0.748. The Morgan fingerprint density at radius 2 is 2.05 bits per heavy atom. The van der Waals surface area contributed by atoms with Gasteiger partial charge in [0.05, 0.1) is 15.0 Å². The first-order valence-corrected chi connectivity index (χ1v) is 8.59. The van der Waals surface area contributed by atoms with E-state index in [-0.39, 0.29) is 12.5 Å². The molecule has 1 N–H and O–H groups in total. The molecule has 1 atom stereocenters. The molecule has 0 aliphatic carbocycles. The molecule has 4 nitrogen and oxygen atoms in total. The summed E-state index contributed by atoms with van der Waals surface area (Å²) in [7, 11) is 0. The number of aliphatic carboxylic acids is 1. The molecule has 1 fully saturated rings. The fourth-order valence-electron chi connectivity index (χ4n) is 2.26. The van der Waals surface area contributed by atoms with Crippen molar-refractivity contribution in [2.24, 2.45) is 0 Å². The third kappa shape index (κ3) is 5.27. The Kier molecular flexibility index (Phi) is 6.51. The second-order valence-corrected chi connectivity index (χ2v) is 6.79. The largest absolute Gasteiger partial charge is 0.489 e. The molecule has 116 valence electrons. The summed E-state index contributed by atoms with van der Waals surface area (Å²) in [4.78, 5) is 10.6. The summed E-state index contributed by atoms with van der Waals surface area (Å²) in [5.74, 6) is -0.0553. The predicted molar refractivity (Wildman–Crippen MR) is 86.9 cm³/mol. The standard InChI is InChI=1S/C15H18Br2O4/c16-12-7-10(4-5-14(18)19)8-13(17)15(12)21-9-11-3-1-2-6-20-11/h7-8,11H,1-6,9H2,(H,18,19). The van der Waals surface area contributed by atoms with Gasteiger partial charge < -0.3 is 14.6 Å². The van der Waals surface area contributed by atoms with Crippen LogP contribution in [0.4, 0.5) is 0 Å². The fraction of sp³-hybridized carbons (Fsp3) is 0.533. The lowest BCUT2D eigenvalue weighted by Crippen LogP contribution is -2.25. The van der Waals surface area contributed by atoms with E-state index in [4.69, 9.17) is 14.6 Å². The average Bonchev–Trinajstić information content (AvgIpc) is 2.45. The molecule has 2 rings (SSSR count). The summed E-state index contributed by atoms with van der Waals surface area (Å²) in [6, 6.07) is 3.82. The third-order valence-electron chi connectivity index (χ3n) is 3.37. The van der Waals surface area contributed by atoms with Gasteiger partial charge in [-0.15, -0.1) is 0 Å². The van der Waals surface area contributed by atoms with Crippen molar-refractivity contribution in [3.8, 4) is 5.75 Å². The first-order valence-electron chi connectivity index (χ1n) is 7.00. The molecule has 6 heteroatoms. The van der Waals surface area contributed by atoms with Crippen molar-refractivity contribution in [3.05, 3.63) is 26.6 Å². The highest BCUT2D eigenvalue weighted by atomic mass is 79.9. The van der Waals surface area contributed by atoms with E-state index in [0.29, 0.717) is 13.0 Å².